The summed E-state index contributed by atoms with van der Waals surface area (Å²) < 4.78 is 1.54. The maximum Gasteiger partial charge on any atom is 0.323 e. The van der Waals surface area contributed by atoms with Crippen molar-refractivity contribution in [2.24, 2.45) is 0 Å². The second-order valence-corrected chi connectivity index (χ2v) is 7.20. The minimum atomic E-state index is -1.04. The average Bonchev–Trinajstić information content (AvgIpc) is 2.97. The van der Waals surface area contributed by atoms with Gasteiger partial charge in [0.25, 0.3) is 0 Å². The summed E-state index contributed by atoms with van der Waals surface area (Å²) in [4.78, 5) is 13.6. The lowest BCUT2D eigenvalue weighted by atomic mass is 10.2. The van der Waals surface area contributed by atoms with E-state index in [1.165, 1.54) is 15.9 Å². The molecule has 0 saturated carbocycles. The first kappa shape index (κ1) is 16.1. The highest BCUT2D eigenvalue weighted by Gasteiger charge is 2.19. The van der Waals surface area contributed by atoms with Gasteiger partial charge in [0.1, 0.15) is 6.54 Å². The van der Waals surface area contributed by atoms with E-state index in [-0.39, 0.29) is 12.4 Å². The Bertz CT molecular complexity index is 660. The van der Waals surface area contributed by atoms with Crippen LogP contribution < -0.4 is 0 Å². The standard InChI is InChI=1S/C13H16N2O3S3/c1-3-14-4-5-20-9(14)6-8(2)11-12(18)15(7-10(16)17)13(19)21-11/h6,18H,2-5,7H2,1H3,(H,16,17). The Hall–Kier alpha value is -1.25. The number of hydrogen-bond acceptors (Lipinski definition) is 6. The highest BCUT2D eigenvalue weighted by molar-refractivity contribution is 8.03. The van der Waals surface area contributed by atoms with Crippen molar-refractivity contribution < 1.29 is 15.0 Å². The van der Waals surface area contributed by atoms with E-state index < -0.39 is 5.97 Å². The first-order valence-corrected chi connectivity index (χ1v) is 8.58. The molecule has 2 N–H and O–H groups in total. The van der Waals surface area contributed by atoms with E-state index in [0.29, 0.717) is 14.4 Å². The second-order valence-electron chi connectivity index (χ2n) is 4.44. The molecule has 0 bridgehead atoms. The smallest absolute Gasteiger partial charge is 0.323 e. The summed E-state index contributed by atoms with van der Waals surface area (Å²) >= 11 is 8.03. The van der Waals surface area contributed by atoms with Crippen LogP contribution in [0, 0.1) is 3.95 Å². The molecular formula is C13H16N2O3S3. The number of nitrogens with zero attached hydrogens (tertiary/aromatic N) is 2. The predicted molar refractivity (Wildman–Crippen MR) is 89.3 cm³/mol. The van der Waals surface area contributed by atoms with Crippen LogP contribution in [0.4, 0.5) is 0 Å². The quantitative estimate of drug-likeness (QED) is 0.801. The van der Waals surface area contributed by atoms with Crippen molar-refractivity contribution in [1.29, 1.82) is 0 Å². The van der Waals surface area contributed by atoms with Crippen molar-refractivity contribution in [3.05, 3.63) is 26.5 Å². The monoisotopic (exact) mass is 344 g/mol. The zero-order valence-electron chi connectivity index (χ0n) is 11.5. The van der Waals surface area contributed by atoms with E-state index in [0.717, 1.165) is 23.9 Å². The molecule has 21 heavy (non-hydrogen) atoms. The Morgan fingerprint density at radius 1 is 1.57 bits per heavy atom. The fourth-order valence-electron chi connectivity index (χ4n) is 2.00. The minimum absolute atomic E-state index is 0.125. The van der Waals surface area contributed by atoms with Crippen LogP contribution in [-0.2, 0) is 11.3 Å². The molecule has 0 unspecified atom stereocenters. The molecule has 1 saturated heterocycles. The molecule has 1 aliphatic heterocycles. The van der Waals surface area contributed by atoms with Crippen LogP contribution in [0.3, 0.4) is 0 Å². The molecule has 1 aliphatic rings. The highest BCUT2D eigenvalue weighted by Crippen LogP contribution is 2.36. The average molecular weight is 344 g/mol. The number of aliphatic carboxylic acids is 1. The fraction of sp³-hybridized carbons (Fsp3) is 0.385. The molecule has 1 fully saturated rings. The van der Waals surface area contributed by atoms with Gasteiger partial charge in [-0.2, -0.15) is 0 Å². The number of aromatic hydroxyl groups is 1. The van der Waals surface area contributed by atoms with Crippen molar-refractivity contribution in [1.82, 2.24) is 9.47 Å². The number of allylic oxidation sites excluding steroid dienone is 2. The largest absolute Gasteiger partial charge is 0.493 e. The lowest BCUT2D eigenvalue weighted by Gasteiger charge is -2.16. The van der Waals surface area contributed by atoms with Crippen molar-refractivity contribution >= 4 is 46.9 Å². The number of carboxylic acids is 1. The molecule has 2 rings (SSSR count). The number of thiazole rings is 1. The van der Waals surface area contributed by atoms with Crippen molar-refractivity contribution in [3.63, 3.8) is 0 Å². The van der Waals surface area contributed by atoms with Crippen LogP contribution in [0.2, 0.25) is 0 Å². The van der Waals surface area contributed by atoms with Crippen molar-refractivity contribution in [2.75, 3.05) is 18.8 Å². The van der Waals surface area contributed by atoms with E-state index in [1.807, 2.05) is 6.08 Å². The van der Waals surface area contributed by atoms with Crippen molar-refractivity contribution in [2.45, 2.75) is 13.5 Å². The van der Waals surface area contributed by atoms with Gasteiger partial charge in [-0.1, -0.05) is 6.58 Å². The molecule has 0 atom stereocenters. The number of carbonyl (C=O) groups is 1. The number of thioether (sulfide) groups is 1. The van der Waals surface area contributed by atoms with Gasteiger partial charge in [0.15, 0.2) is 3.95 Å². The van der Waals surface area contributed by atoms with Gasteiger partial charge in [-0.3, -0.25) is 9.36 Å². The van der Waals surface area contributed by atoms with Gasteiger partial charge in [0.2, 0.25) is 5.88 Å². The molecule has 0 spiro atoms. The molecule has 1 aromatic heterocycles. The van der Waals surface area contributed by atoms with Crippen LogP contribution in [0.1, 0.15) is 11.8 Å². The van der Waals surface area contributed by atoms with Crippen LogP contribution in [0.5, 0.6) is 5.88 Å². The third-order valence-electron chi connectivity index (χ3n) is 3.06. The fourth-order valence-corrected chi connectivity index (χ4v) is 4.38. The third kappa shape index (κ3) is 3.50. The Morgan fingerprint density at radius 3 is 2.90 bits per heavy atom. The molecule has 1 aromatic rings. The summed E-state index contributed by atoms with van der Waals surface area (Å²) in [5, 5.41) is 20.1. The Morgan fingerprint density at radius 2 is 2.29 bits per heavy atom. The summed E-state index contributed by atoms with van der Waals surface area (Å²) in [5.41, 5.74) is 0.649. The number of carboxylic acid groups (broad SMARTS) is 1. The summed E-state index contributed by atoms with van der Waals surface area (Å²) in [6.45, 7) is 7.65. The van der Waals surface area contributed by atoms with Crippen LogP contribution in [0.15, 0.2) is 17.7 Å². The normalized spacial score (nSPS) is 16.6. The van der Waals surface area contributed by atoms with Gasteiger partial charge < -0.3 is 15.1 Å². The summed E-state index contributed by atoms with van der Waals surface area (Å²) in [7, 11) is 0. The van der Waals surface area contributed by atoms with Gasteiger partial charge in [-0.05, 0) is 30.8 Å². The van der Waals surface area contributed by atoms with Crippen LogP contribution >= 0.6 is 35.3 Å². The number of hydrogen-bond donors (Lipinski definition) is 2. The Kier molecular flexibility index (Phi) is 5.13. The number of aromatic nitrogens is 1. The molecule has 2 heterocycles. The molecule has 114 valence electrons. The van der Waals surface area contributed by atoms with Gasteiger partial charge >= 0.3 is 5.97 Å². The van der Waals surface area contributed by atoms with E-state index >= 15 is 0 Å². The first-order valence-electron chi connectivity index (χ1n) is 6.37. The predicted octanol–water partition coefficient (Wildman–Crippen LogP) is 2.99. The van der Waals surface area contributed by atoms with E-state index in [1.54, 1.807) is 11.8 Å². The van der Waals surface area contributed by atoms with Gasteiger partial charge in [0.05, 0.1) is 9.91 Å². The zero-order valence-corrected chi connectivity index (χ0v) is 14.0. The lowest BCUT2D eigenvalue weighted by Crippen LogP contribution is -2.17. The Balaban J connectivity index is 2.30. The molecule has 0 radical (unpaired) electrons. The van der Waals surface area contributed by atoms with E-state index in [2.05, 4.69) is 18.4 Å². The zero-order chi connectivity index (χ0) is 15.6. The number of rotatable bonds is 5. The Labute approximate surface area is 136 Å². The van der Waals surface area contributed by atoms with Gasteiger partial charge in [0, 0.05) is 18.8 Å². The summed E-state index contributed by atoms with van der Waals surface area (Å²) in [6, 6.07) is 0. The lowest BCUT2D eigenvalue weighted by molar-refractivity contribution is -0.137. The van der Waals surface area contributed by atoms with Gasteiger partial charge in [-0.15, -0.1) is 23.1 Å². The first-order chi connectivity index (χ1) is 9.93. The van der Waals surface area contributed by atoms with Crippen LogP contribution in [-0.4, -0.2) is 44.5 Å². The minimum Gasteiger partial charge on any atom is -0.493 e. The molecular weight excluding hydrogens is 328 g/mol. The molecule has 0 aliphatic carbocycles. The molecule has 0 aromatic carbocycles. The topological polar surface area (TPSA) is 65.7 Å². The summed E-state index contributed by atoms with van der Waals surface area (Å²) in [5.74, 6) is -0.132. The summed E-state index contributed by atoms with van der Waals surface area (Å²) in [6.07, 6.45) is 1.92. The molecule has 8 heteroatoms. The third-order valence-corrected chi connectivity index (χ3v) is 5.63. The van der Waals surface area contributed by atoms with Crippen molar-refractivity contribution in [3.8, 4) is 5.88 Å². The van der Waals surface area contributed by atoms with Crippen LogP contribution in [0.25, 0.3) is 5.57 Å². The second kappa shape index (κ2) is 6.67. The highest BCUT2D eigenvalue weighted by atomic mass is 32.2. The maximum absolute atomic E-state index is 10.8. The van der Waals surface area contributed by atoms with Gasteiger partial charge in [-0.25, -0.2) is 0 Å². The SMILES string of the molecule is C=C(C=C1SCCN1CC)c1sc(=S)n(CC(=O)O)c1O. The molecule has 5 nitrogen and oxygen atoms in total. The van der Waals surface area contributed by atoms with E-state index in [4.69, 9.17) is 17.3 Å². The maximum atomic E-state index is 10.8. The van der Waals surface area contributed by atoms with E-state index in [9.17, 15) is 9.90 Å². The molecule has 0 amide bonds.